The Morgan fingerprint density at radius 3 is 2.35 bits per heavy atom. The summed E-state index contributed by atoms with van der Waals surface area (Å²) in [6.45, 7) is 1.50. The van der Waals surface area contributed by atoms with Crippen LogP contribution in [0.1, 0.15) is 64.7 Å². The molecule has 3 unspecified atom stereocenters. The SMILES string of the molecule is C[C@]12CCC3C(CC[C@@H]4C[C@@](O)(C(F)(F)F)CC[C@H]34)C1CC[C@@H]2C(=O)COP(=O)(O)O. The Morgan fingerprint density at radius 1 is 1.03 bits per heavy atom. The Balaban J connectivity index is 1.46. The van der Waals surface area contributed by atoms with Crippen molar-refractivity contribution in [2.45, 2.75) is 76.5 Å². The first-order valence-electron chi connectivity index (χ1n) is 11.3. The second-order valence-corrected chi connectivity index (χ2v) is 11.9. The Hall–Kier alpha value is -0.470. The van der Waals surface area contributed by atoms with Gasteiger partial charge < -0.3 is 14.9 Å². The largest absolute Gasteiger partial charge is 0.470 e. The lowest BCUT2D eigenvalue weighted by molar-refractivity contribution is -0.282. The van der Waals surface area contributed by atoms with Crippen molar-refractivity contribution >= 4 is 13.6 Å². The third kappa shape index (κ3) is 4.14. The Kier molecular flexibility index (Phi) is 5.95. The van der Waals surface area contributed by atoms with Crippen LogP contribution < -0.4 is 0 Å². The summed E-state index contributed by atoms with van der Waals surface area (Å²) in [7, 11) is -4.70. The lowest BCUT2D eigenvalue weighted by Crippen LogP contribution is -2.55. The molecule has 0 aromatic carbocycles. The molecule has 4 aliphatic rings. The van der Waals surface area contributed by atoms with E-state index in [9.17, 15) is 27.6 Å². The molecule has 8 atom stereocenters. The average molecular weight is 468 g/mol. The number of phosphoric acid groups is 1. The molecule has 0 saturated heterocycles. The predicted molar refractivity (Wildman–Crippen MR) is 105 cm³/mol. The van der Waals surface area contributed by atoms with Gasteiger partial charge in [0.15, 0.2) is 11.4 Å². The molecule has 0 aromatic heterocycles. The molecule has 31 heavy (non-hydrogen) atoms. The Morgan fingerprint density at radius 2 is 1.71 bits per heavy atom. The first-order chi connectivity index (χ1) is 14.3. The molecule has 6 nitrogen and oxygen atoms in total. The summed E-state index contributed by atoms with van der Waals surface area (Å²) >= 11 is 0. The predicted octanol–water partition coefficient (Wildman–Crippen LogP) is 4.23. The third-order valence-electron chi connectivity index (χ3n) is 9.30. The summed E-state index contributed by atoms with van der Waals surface area (Å²) in [6, 6.07) is 0. The molecule has 3 N–H and O–H groups in total. The monoisotopic (exact) mass is 468 g/mol. The van der Waals surface area contributed by atoms with E-state index in [0.29, 0.717) is 37.0 Å². The zero-order valence-corrected chi connectivity index (χ0v) is 18.6. The number of fused-ring (bicyclic) bond motifs is 5. The van der Waals surface area contributed by atoms with E-state index in [2.05, 4.69) is 11.4 Å². The smallest absolute Gasteiger partial charge is 0.380 e. The fourth-order valence-electron chi connectivity index (χ4n) is 7.91. The first kappa shape index (κ1) is 23.7. The number of phosphoric ester groups is 1. The molecular formula is C21H32F3O6P. The molecule has 178 valence electrons. The van der Waals surface area contributed by atoms with Crippen molar-refractivity contribution in [3.63, 3.8) is 0 Å². The molecule has 0 spiro atoms. The van der Waals surface area contributed by atoms with Gasteiger partial charge in [-0.15, -0.1) is 0 Å². The maximum absolute atomic E-state index is 13.4. The summed E-state index contributed by atoms with van der Waals surface area (Å²) in [4.78, 5) is 30.5. The van der Waals surface area contributed by atoms with Crippen LogP contribution >= 0.6 is 7.82 Å². The minimum Gasteiger partial charge on any atom is -0.380 e. The summed E-state index contributed by atoms with van der Waals surface area (Å²) in [5.74, 6) is 0.491. The molecular weight excluding hydrogens is 436 g/mol. The molecule has 0 amide bonds. The quantitative estimate of drug-likeness (QED) is 0.534. The summed E-state index contributed by atoms with van der Waals surface area (Å²) < 4.78 is 55.5. The van der Waals surface area contributed by atoms with Crippen molar-refractivity contribution < 1.29 is 41.9 Å². The van der Waals surface area contributed by atoms with Crippen LogP contribution in [-0.4, -0.2) is 39.1 Å². The minimum atomic E-state index is -4.70. The van der Waals surface area contributed by atoms with E-state index in [0.717, 1.165) is 25.7 Å². The summed E-state index contributed by atoms with van der Waals surface area (Å²) in [6.07, 6.45) is 0.0270. The minimum absolute atomic E-state index is 0.110. The Labute approximate surface area is 180 Å². The second kappa shape index (κ2) is 7.79. The average Bonchev–Trinajstić information content (AvgIpc) is 3.01. The molecule has 4 fully saturated rings. The lowest BCUT2D eigenvalue weighted by Gasteiger charge is -2.57. The highest BCUT2D eigenvalue weighted by Gasteiger charge is 2.62. The zero-order chi connectivity index (χ0) is 22.8. The van der Waals surface area contributed by atoms with E-state index in [1.807, 2.05) is 0 Å². The van der Waals surface area contributed by atoms with Gasteiger partial charge in [-0.1, -0.05) is 6.92 Å². The van der Waals surface area contributed by atoms with Crippen LogP contribution in [0.4, 0.5) is 13.2 Å². The topological polar surface area (TPSA) is 104 Å². The van der Waals surface area contributed by atoms with Crippen molar-refractivity contribution in [1.29, 1.82) is 0 Å². The molecule has 4 saturated carbocycles. The molecule has 10 heteroatoms. The summed E-state index contributed by atoms with van der Waals surface area (Å²) in [5, 5.41) is 10.2. The van der Waals surface area contributed by atoms with E-state index in [4.69, 9.17) is 9.79 Å². The van der Waals surface area contributed by atoms with Gasteiger partial charge in [0.25, 0.3) is 0 Å². The van der Waals surface area contributed by atoms with Gasteiger partial charge in [-0.25, -0.2) is 4.57 Å². The molecule has 0 aromatic rings. The number of hydrogen-bond donors (Lipinski definition) is 3. The van der Waals surface area contributed by atoms with Crippen LogP contribution in [0.15, 0.2) is 0 Å². The number of carbonyl (C=O) groups is 1. The summed E-state index contributed by atoms with van der Waals surface area (Å²) in [5.41, 5.74) is -2.82. The number of aliphatic hydroxyl groups is 1. The van der Waals surface area contributed by atoms with Crippen LogP contribution in [0.25, 0.3) is 0 Å². The molecule has 0 bridgehead atoms. The lowest BCUT2D eigenvalue weighted by atomic mass is 9.49. The van der Waals surface area contributed by atoms with Gasteiger partial charge in [-0.05, 0) is 92.8 Å². The van der Waals surface area contributed by atoms with Crippen molar-refractivity contribution in [3.8, 4) is 0 Å². The number of carbonyl (C=O) groups excluding carboxylic acids is 1. The maximum Gasteiger partial charge on any atom is 0.470 e. The van der Waals surface area contributed by atoms with Crippen LogP contribution in [0.2, 0.25) is 0 Å². The van der Waals surface area contributed by atoms with Crippen molar-refractivity contribution in [3.05, 3.63) is 0 Å². The van der Waals surface area contributed by atoms with Gasteiger partial charge in [-0.3, -0.25) is 9.32 Å². The van der Waals surface area contributed by atoms with E-state index in [-0.39, 0.29) is 41.8 Å². The van der Waals surface area contributed by atoms with Crippen molar-refractivity contribution in [1.82, 2.24) is 0 Å². The number of Topliss-reactive ketones (excluding diaryl/α,β-unsaturated/α-hetero) is 1. The van der Waals surface area contributed by atoms with Crippen LogP contribution in [0.5, 0.6) is 0 Å². The highest BCUT2D eigenvalue weighted by Crippen LogP contribution is 2.65. The second-order valence-electron chi connectivity index (χ2n) is 10.6. The molecule has 0 aliphatic heterocycles. The fourth-order valence-corrected chi connectivity index (χ4v) is 8.21. The van der Waals surface area contributed by atoms with Gasteiger partial charge in [0.05, 0.1) is 0 Å². The molecule has 0 heterocycles. The van der Waals surface area contributed by atoms with Gasteiger partial charge >= 0.3 is 14.0 Å². The van der Waals surface area contributed by atoms with Crippen molar-refractivity contribution in [2.24, 2.45) is 40.9 Å². The standard InChI is InChI=1S/C21H32F3O6P/c1-19-8-6-14-13-7-9-20(26,21(22,23)24)10-12(13)2-3-15(14)16(19)4-5-17(19)18(25)11-30-31(27,28)29/h12-17,26H,2-11H2,1H3,(H2,27,28,29)/t12-,13+,14?,15?,16?,17-,19+,20-/m1/s1. The van der Waals surface area contributed by atoms with Gasteiger partial charge in [0.1, 0.15) is 6.61 Å². The molecule has 0 radical (unpaired) electrons. The number of hydrogen-bond acceptors (Lipinski definition) is 4. The number of rotatable bonds is 4. The fraction of sp³-hybridized carbons (Fsp3) is 0.952. The van der Waals surface area contributed by atoms with Gasteiger partial charge in [0, 0.05) is 5.92 Å². The first-order valence-corrected chi connectivity index (χ1v) is 12.8. The van der Waals surface area contributed by atoms with E-state index in [1.54, 1.807) is 0 Å². The highest BCUT2D eigenvalue weighted by molar-refractivity contribution is 7.46. The normalized spacial score (nSPS) is 45.5. The Bertz CT molecular complexity index is 769. The molecule has 4 rings (SSSR count). The van der Waals surface area contributed by atoms with Crippen LogP contribution in [0.3, 0.4) is 0 Å². The van der Waals surface area contributed by atoms with Gasteiger partial charge in [-0.2, -0.15) is 13.2 Å². The van der Waals surface area contributed by atoms with E-state index >= 15 is 0 Å². The van der Waals surface area contributed by atoms with Crippen LogP contribution in [0, 0.1) is 40.9 Å². The van der Waals surface area contributed by atoms with Crippen molar-refractivity contribution in [2.75, 3.05) is 6.61 Å². The maximum atomic E-state index is 13.4. The highest BCUT2D eigenvalue weighted by atomic mass is 31.2. The third-order valence-corrected chi connectivity index (χ3v) is 9.77. The molecule has 4 aliphatic carbocycles. The number of ketones is 1. The number of alkyl halides is 3. The van der Waals surface area contributed by atoms with E-state index in [1.165, 1.54) is 0 Å². The van der Waals surface area contributed by atoms with Gasteiger partial charge in [0.2, 0.25) is 0 Å². The number of halogens is 3. The van der Waals surface area contributed by atoms with E-state index < -0.39 is 26.2 Å². The van der Waals surface area contributed by atoms with Crippen LogP contribution in [-0.2, 0) is 13.9 Å². The zero-order valence-electron chi connectivity index (χ0n) is 17.7.